The highest BCUT2D eigenvalue weighted by Crippen LogP contribution is 2.38. The second-order valence-corrected chi connectivity index (χ2v) is 5.06. The molecule has 1 fully saturated rings. The van der Waals surface area contributed by atoms with Crippen LogP contribution in [0.2, 0.25) is 0 Å². The summed E-state index contributed by atoms with van der Waals surface area (Å²) >= 11 is 0. The number of hydrogen-bond acceptors (Lipinski definition) is 2. The van der Waals surface area contributed by atoms with Crippen molar-refractivity contribution in [1.29, 1.82) is 0 Å². The van der Waals surface area contributed by atoms with E-state index in [4.69, 9.17) is 0 Å². The second kappa shape index (κ2) is 5.41. The molecular formula is C16H15FN2O. The van der Waals surface area contributed by atoms with E-state index in [1.54, 1.807) is 6.20 Å². The molecule has 1 saturated carbocycles. The molecule has 20 heavy (non-hydrogen) atoms. The van der Waals surface area contributed by atoms with Crippen molar-refractivity contribution < 1.29 is 9.18 Å². The summed E-state index contributed by atoms with van der Waals surface area (Å²) in [6.45, 7) is 0.425. The number of carbonyl (C=O) groups is 1. The number of aromatic nitrogens is 1. The van der Waals surface area contributed by atoms with Crippen LogP contribution in [0.15, 0.2) is 42.6 Å². The van der Waals surface area contributed by atoms with E-state index >= 15 is 0 Å². The van der Waals surface area contributed by atoms with Gasteiger partial charge in [-0.05, 0) is 48.7 Å². The minimum atomic E-state index is -0.346. The van der Waals surface area contributed by atoms with Gasteiger partial charge in [0.25, 0.3) is 5.91 Å². The van der Waals surface area contributed by atoms with Crippen LogP contribution < -0.4 is 5.32 Å². The van der Waals surface area contributed by atoms with Crippen molar-refractivity contribution in [3.63, 3.8) is 0 Å². The van der Waals surface area contributed by atoms with Gasteiger partial charge in [0.1, 0.15) is 5.82 Å². The van der Waals surface area contributed by atoms with Gasteiger partial charge in [-0.1, -0.05) is 6.07 Å². The fourth-order valence-electron chi connectivity index (χ4n) is 2.05. The summed E-state index contributed by atoms with van der Waals surface area (Å²) in [5, 5.41) is 2.80. The van der Waals surface area contributed by atoms with E-state index in [0.29, 0.717) is 18.0 Å². The first-order chi connectivity index (χ1) is 9.72. The lowest BCUT2D eigenvalue weighted by Crippen LogP contribution is -2.22. The van der Waals surface area contributed by atoms with Crippen molar-refractivity contribution >= 4 is 5.91 Å². The van der Waals surface area contributed by atoms with Crippen LogP contribution in [0.5, 0.6) is 0 Å². The van der Waals surface area contributed by atoms with Gasteiger partial charge in [0, 0.05) is 29.9 Å². The lowest BCUT2D eigenvalue weighted by Gasteiger charge is -2.06. The van der Waals surface area contributed by atoms with Crippen LogP contribution in [0.4, 0.5) is 4.39 Å². The summed E-state index contributed by atoms with van der Waals surface area (Å²) in [4.78, 5) is 16.3. The molecule has 2 aromatic rings. The normalized spacial score (nSPS) is 14.1. The standard InChI is InChI=1S/C16H15FN2O/c17-14-6-4-13(5-7-14)16(20)19-10-11-1-8-15(18-9-11)12-2-3-12/h1,4-9,12H,2-3,10H2,(H,19,20). The van der Waals surface area contributed by atoms with Crippen LogP contribution in [0, 0.1) is 5.82 Å². The molecule has 1 N–H and O–H groups in total. The highest BCUT2D eigenvalue weighted by atomic mass is 19.1. The van der Waals surface area contributed by atoms with Gasteiger partial charge in [0.05, 0.1) is 0 Å². The van der Waals surface area contributed by atoms with Crippen LogP contribution in [-0.4, -0.2) is 10.9 Å². The van der Waals surface area contributed by atoms with Gasteiger partial charge >= 0.3 is 0 Å². The van der Waals surface area contributed by atoms with Crippen LogP contribution >= 0.6 is 0 Å². The Bertz CT molecular complexity index is 603. The summed E-state index contributed by atoms with van der Waals surface area (Å²) in [5.74, 6) is 0.0792. The SMILES string of the molecule is O=C(NCc1ccc(C2CC2)nc1)c1ccc(F)cc1. The third-order valence-electron chi connectivity index (χ3n) is 3.40. The van der Waals surface area contributed by atoms with E-state index in [2.05, 4.69) is 10.3 Å². The number of amides is 1. The first-order valence-electron chi connectivity index (χ1n) is 6.71. The van der Waals surface area contributed by atoms with Gasteiger partial charge in [-0.2, -0.15) is 0 Å². The molecule has 0 spiro atoms. The minimum absolute atomic E-state index is 0.212. The molecule has 0 atom stereocenters. The van der Waals surface area contributed by atoms with Crippen LogP contribution in [-0.2, 0) is 6.54 Å². The van der Waals surface area contributed by atoms with E-state index in [-0.39, 0.29) is 11.7 Å². The molecule has 102 valence electrons. The monoisotopic (exact) mass is 270 g/mol. The number of nitrogens with one attached hydrogen (secondary N) is 1. The number of pyridine rings is 1. The van der Waals surface area contributed by atoms with Crippen LogP contribution in [0.1, 0.15) is 40.4 Å². The summed E-state index contributed by atoms with van der Waals surface area (Å²) < 4.78 is 12.8. The predicted octanol–water partition coefficient (Wildman–Crippen LogP) is 3.03. The highest BCUT2D eigenvalue weighted by Gasteiger charge is 2.24. The van der Waals surface area contributed by atoms with Crippen molar-refractivity contribution in [1.82, 2.24) is 10.3 Å². The third kappa shape index (κ3) is 3.02. The Morgan fingerprint density at radius 1 is 1.20 bits per heavy atom. The fraction of sp³-hybridized carbons (Fsp3) is 0.250. The molecule has 0 saturated heterocycles. The van der Waals surface area contributed by atoms with E-state index in [1.807, 2.05) is 12.1 Å². The van der Waals surface area contributed by atoms with Gasteiger partial charge in [0.2, 0.25) is 0 Å². The Labute approximate surface area is 116 Å². The number of rotatable bonds is 4. The van der Waals surface area contributed by atoms with Crippen molar-refractivity contribution in [2.45, 2.75) is 25.3 Å². The van der Waals surface area contributed by atoms with E-state index in [0.717, 1.165) is 11.3 Å². The topological polar surface area (TPSA) is 42.0 Å². The van der Waals surface area contributed by atoms with Gasteiger partial charge in [-0.3, -0.25) is 9.78 Å². The average Bonchev–Trinajstić information content (AvgIpc) is 3.31. The van der Waals surface area contributed by atoms with Crippen molar-refractivity contribution in [2.75, 3.05) is 0 Å². The molecule has 3 rings (SSSR count). The molecule has 1 aliphatic rings. The molecule has 1 aromatic carbocycles. The molecule has 1 aliphatic carbocycles. The summed E-state index contributed by atoms with van der Waals surface area (Å²) in [5.41, 5.74) is 2.55. The average molecular weight is 270 g/mol. The number of hydrogen-bond donors (Lipinski definition) is 1. The quantitative estimate of drug-likeness (QED) is 0.927. The zero-order valence-corrected chi connectivity index (χ0v) is 11.0. The van der Waals surface area contributed by atoms with E-state index in [1.165, 1.54) is 37.1 Å². The van der Waals surface area contributed by atoms with Crippen molar-refractivity contribution in [2.24, 2.45) is 0 Å². The van der Waals surface area contributed by atoms with Crippen LogP contribution in [0.25, 0.3) is 0 Å². The molecule has 3 nitrogen and oxygen atoms in total. The molecule has 0 bridgehead atoms. The number of carbonyl (C=O) groups excluding carboxylic acids is 1. The number of halogens is 1. The highest BCUT2D eigenvalue weighted by molar-refractivity contribution is 5.94. The molecule has 1 amide bonds. The zero-order valence-electron chi connectivity index (χ0n) is 11.0. The molecule has 0 radical (unpaired) electrons. The Hall–Kier alpha value is -2.23. The Morgan fingerprint density at radius 3 is 2.55 bits per heavy atom. The maximum absolute atomic E-state index is 12.8. The molecule has 4 heteroatoms. The molecule has 1 heterocycles. The van der Waals surface area contributed by atoms with E-state index < -0.39 is 0 Å². The maximum atomic E-state index is 12.8. The predicted molar refractivity (Wildman–Crippen MR) is 73.8 cm³/mol. The largest absolute Gasteiger partial charge is 0.348 e. The lowest BCUT2D eigenvalue weighted by molar-refractivity contribution is 0.0951. The molecule has 1 aromatic heterocycles. The molecule has 0 unspecified atom stereocenters. The molecular weight excluding hydrogens is 255 g/mol. The first kappa shape index (κ1) is 12.8. The zero-order chi connectivity index (χ0) is 13.9. The van der Waals surface area contributed by atoms with Gasteiger partial charge < -0.3 is 5.32 Å². The van der Waals surface area contributed by atoms with E-state index in [9.17, 15) is 9.18 Å². The number of benzene rings is 1. The minimum Gasteiger partial charge on any atom is -0.348 e. The molecule has 0 aliphatic heterocycles. The van der Waals surface area contributed by atoms with Gasteiger partial charge in [-0.15, -0.1) is 0 Å². The van der Waals surface area contributed by atoms with Crippen molar-refractivity contribution in [3.8, 4) is 0 Å². The summed E-state index contributed by atoms with van der Waals surface area (Å²) in [6, 6.07) is 9.52. The van der Waals surface area contributed by atoms with Crippen molar-refractivity contribution in [3.05, 3.63) is 65.2 Å². The Kier molecular flexibility index (Phi) is 3.46. The fourth-order valence-corrected chi connectivity index (χ4v) is 2.05. The Balaban J connectivity index is 1.58. The Morgan fingerprint density at radius 2 is 1.95 bits per heavy atom. The smallest absolute Gasteiger partial charge is 0.251 e. The van der Waals surface area contributed by atoms with Gasteiger partial charge in [-0.25, -0.2) is 4.39 Å². The second-order valence-electron chi connectivity index (χ2n) is 5.06. The number of nitrogens with zero attached hydrogens (tertiary/aromatic N) is 1. The lowest BCUT2D eigenvalue weighted by atomic mass is 10.2. The third-order valence-corrected chi connectivity index (χ3v) is 3.40. The summed E-state index contributed by atoms with van der Waals surface area (Å²) in [7, 11) is 0. The maximum Gasteiger partial charge on any atom is 0.251 e. The van der Waals surface area contributed by atoms with Gasteiger partial charge in [0.15, 0.2) is 0 Å². The summed E-state index contributed by atoms with van der Waals surface area (Å²) in [6.07, 6.45) is 4.26. The first-order valence-corrected chi connectivity index (χ1v) is 6.71. The van der Waals surface area contributed by atoms with Crippen LogP contribution in [0.3, 0.4) is 0 Å².